The topological polar surface area (TPSA) is 51.7 Å². The molecule has 2 aliphatic rings. The summed E-state index contributed by atoms with van der Waals surface area (Å²) in [5.74, 6) is 0.745. The molecule has 0 N–H and O–H groups in total. The molecule has 0 spiro atoms. The average Bonchev–Trinajstić information content (AvgIpc) is 2.78. The summed E-state index contributed by atoms with van der Waals surface area (Å²) >= 11 is 0. The van der Waals surface area contributed by atoms with E-state index in [9.17, 15) is 4.79 Å². The summed E-state index contributed by atoms with van der Waals surface area (Å²) in [7, 11) is 0. The zero-order valence-corrected chi connectivity index (χ0v) is 15.1. The van der Waals surface area contributed by atoms with Crippen LogP contribution in [0.1, 0.15) is 58.9 Å². The maximum Gasteiger partial charge on any atom is 0.410 e. The Kier molecular flexibility index (Phi) is 4.70. The van der Waals surface area contributed by atoms with Gasteiger partial charge in [-0.1, -0.05) is 13.0 Å². The summed E-state index contributed by atoms with van der Waals surface area (Å²) in [6.45, 7) is 7.85. The third kappa shape index (κ3) is 3.65. The quantitative estimate of drug-likeness (QED) is 0.841. The van der Waals surface area contributed by atoms with E-state index >= 15 is 0 Å². The van der Waals surface area contributed by atoms with E-state index in [2.05, 4.69) is 18.0 Å². The lowest BCUT2D eigenvalue weighted by Gasteiger charge is -2.39. The average molecular weight is 332 g/mol. The van der Waals surface area contributed by atoms with Gasteiger partial charge in [-0.2, -0.15) is 0 Å². The largest absolute Gasteiger partial charge is 0.474 e. The lowest BCUT2D eigenvalue weighted by atomic mass is 10.00. The Balaban J connectivity index is 1.66. The summed E-state index contributed by atoms with van der Waals surface area (Å²) in [6, 6.07) is 4.45. The molecule has 2 fully saturated rings. The Morgan fingerprint density at radius 3 is 2.54 bits per heavy atom. The van der Waals surface area contributed by atoms with E-state index in [1.165, 1.54) is 0 Å². The number of aromatic nitrogens is 1. The Hall–Kier alpha value is -1.78. The molecule has 1 amide bonds. The second kappa shape index (κ2) is 6.61. The lowest BCUT2D eigenvalue weighted by Crippen LogP contribution is -2.50. The van der Waals surface area contributed by atoms with Gasteiger partial charge in [-0.15, -0.1) is 0 Å². The smallest absolute Gasteiger partial charge is 0.410 e. The van der Waals surface area contributed by atoms with Crippen LogP contribution in [0, 0.1) is 0 Å². The van der Waals surface area contributed by atoms with E-state index < -0.39 is 5.60 Å². The molecule has 0 unspecified atom stereocenters. The summed E-state index contributed by atoms with van der Waals surface area (Å²) in [6.07, 6.45) is 6.41. The molecule has 0 aromatic carbocycles. The number of nitrogens with zero attached hydrogens (tertiary/aromatic N) is 2. The number of fused-ring (bicyclic) bond motifs is 2. The Morgan fingerprint density at radius 1 is 1.29 bits per heavy atom. The number of pyridine rings is 1. The van der Waals surface area contributed by atoms with Gasteiger partial charge in [-0.3, -0.25) is 0 Å². The van der Waals surface area contributed by atoms with E-state index in [4.69, 9.17) is 9.47 Å². The molecule has 0 saturated carbocycles. The highest BCUT2D eigenvalue weighted by Gasteiger charge is 2.45. The van der Waals surface area contributed by atoms with Gasteiger partial charge in [0.15, 0.2) is 0 Å². The summed E-state index contributed by atoms with van der Waals surface area (Å²) in [4.78, 5) is 18.8. The molecule has 5 nitrogen and oxygen atoms in total. The van der Waals surface area contributed by atoms with Crippen LogP contribution in [-0.4, -0.2) is 39.8 Å². The molecule has 132 valence electrons. The van der Waals surface area contributed by atoms with Crippen molar-refractivity contribution in [3.05, 3.63) is 23.9 Å². The van der Waals surface area contributed by atoms with Gasteiger partial charge in [0.25, 0.3) is 0 Å². The fourth-order valence-corrected chi connectivity index (χ4v) is 3.79. The van der Waals surface area contributed by atoms with Crippen molar-refractivity contribution in [3.8, 4) is 5.88 Å². The zero-order chi connectivity index (χ0) is 17.3. The number of piperidine rings is 1. The van der Waals surface area contributed by atoms with Gasteiger partial charge in [0.05, 0.1) is 0 Å². The number of ether oxygens (including phenoxy) is 2. The van der Waals surface area contributed by atoms with Crippen LogP contribution in [-0.2, 0) is 11.2 Å². The summed E-state index contributed by atoms with van der Waals surface area (Å²) < 4.78 is 11.8. The molecule has 3 atom stereocenters. The number of hydrogen-bond acceptors (Lipinski definition) is 4. The van der Waals surface area contributed by atoms with Crippen molar-refractivity contribution in [2.45, 2.75) is 83.6 Å². The van der Waals surface area contributed by atoms with Gasteiger partial charge in [0, 0.05) is 36.7 Å². The molecular weight excluding hydrogens is 304 g/mol. The van der Waals surface area contributed by atoms with Gasteiger partial charge in [0.1, 0.15) is 11.7 Å². The first-order chi connectivity index (χ1) is 11.4. The first kappa shape index (κ1) is 17.1. The molecule has 2 aliphatic heterocycles. The van der Waals surface area contributed by atoms with Crippen molar-refractivity contribution in [1.82, 2.24) is 9.88 Å². The van der Waals surface area contributed by atoms with Crippen LogP contribution in [0.4, 0.5) is 4.79 Å². The van der Waals surface area contributed by atoms with Gasteiger partial charge < -0.3 is 14.4 Å². The highest BCUT2D eigenvalue weighted by Crippen LogP contribution is 2.38. The minimum absolute atomic E-state index is 0.126. The fraction of sp³-hybridized carbons (Fsp3) is 0.684. The highest BCUT2D eigenvalue weighted by atomic mass is 16.6. The van der Waals surface area contributed by atoms with Crippen LogP contribution >= 0.6 is 0 Å². The molecule has 1 aromatic heterocycles. The number of carbonyl (C=O) groups is 1. The van der Waals surface area contributed by atoms with Crippen molar-refractivity contribution in [3.63, 3.8) is 0 Å². The van der Waals surface area contributed by atoms with Gasteiger partial charge >= 0.3 is 6.09 Å². The minimum atomic E-state index is -0.451. The summed E-state index contributed by atoms with van der Waals surface area (Å²) in [5.41, 5.74) is 0.688. The van der Waals surface area contributed by atoms with Crippen molar-refractivity contribution in [2.75, 3.05) is 0 Å². The second-order valence-electron chi connectivity index (χ2n) is 7.81. The number of carbonyl (C=O) groups excluding carboxylic acids is 1. The van der Waals surface area contributed by atoms with Crippen LogP contribution in [0.2, 0.25) is 0 Å². The Morgan fingerprint density at radius 2 is 1.96 bits per heavy atom. The molecule has 0 aliphatic carbocycles. The predicted molar refractivity (Wildman–Crippen MR) is 92.1 cm³/mol. The van der Waals surface area contributed by atoms with Crippen LogP contribution in [0.5, 0.6) is 5.88 Å². The van der Waals surface area contributed by atoms with Crippen LogP contribution in [0.25, 0.3) is 0 Å². The maximum atomic E-state index is 12.5. The molecule has 3 rings (SSSR count). The highest BCUT2D eigenvalue weighted by molar-refractivity contribution is 5.69. The first-order valence-corrected chi connectivity index (χ1v) is 8.99. The molecule has 5 heteroatoms. The van der Waals surface area contributed by atoms with E-state index in [1.807, 2.05) is 31.7 Å². The Labute approximate surface area is 144 Å². The molecule has 2 saturated heterocycles. The first-order valence-electron chi connectivity index (χ1n) is 8.99. The van der Waals surface area contributed by atoms with Crippen molar-refractivity contribution >= 4 is 6.09 Å². The fourth-order valence-electron chi connectivity index (χ4n) is 3.79. The third-order valence-corrected chi connectivity index (χ3v) is 4.80. The normalized spacial score (nSPS) is 26.3. The van der Waals surface area contributed by atoms with E-state index in [-0.39, 0.29) is 24.3 Å². The molecule has 2 bridgehead atoms. The van der Waals surface area contributed by atoms with Crippen molar-refractivity contribution in [2.24, 2.45) is 0 Å². The lowest BCUT2D eigenvalue weighted by molar-refractivity contribution is -0.00771. The standard InChI is InChI=1S/C19H28N2O3/c1-5-13-7-6-10-20-17(13)23-16-11-14-8-9-15(12-16)21(14)18(22)24-19(2,3)4/h6-7,10,14-16H,5,8-9,11-12H2,1-4H3/t14-,15+,16+. The predicted octanol–water partition coefficient (Wildman–Crippen LogP) is 3.95. The van der Waals surface area contributed by atoms with Gasteiger partial charge in [-0.25, -0.2) is 9.78 Å². The molecule has 24 heavy (non-hydrogen) atoms. The minimum Gasteiger partial charge on any atom is -0.474 e. The number of rotatable bonds is 3. The third-order valence-electron chi connectivity index (χ3n) is 4.80. The second-order valence-corrected chi connectivity index (χ2v) is 7.81. The number of aryl methyl sites for hydroxylation is 1. The Bertz CT molecular complexity index is 583. The van der Waals surface area contributed by atoms with Crippen LogP contribution in [0.15, 0.2) is 18.3 Å². The molecule has 1 aromatic rings. The SMILES string of the molecule is CCc1cccnc1O[C@H]1C[C@H]2CC[C@@H](C1)N2C(=O)OC(C)(C)C. The van der Waals surface area contributed by atoms with E-state index in [0.717, 1.165) is 43.5 Å². The van der Waals surface area contributed by atoms with Crippen molar-refractivity contribution < 1.29 is 14.3 Å². The van der Waals surface area contributed by atoms with Crippen LogP contribution in [0.3, 0.4) is 0 Å². The van der Waals surface area contributed by atoms with Gasteiger partial charge in [-0.05, 0) is 46.1 Å². The van der Waals surface area contributed by atoms with Crippen molar-refractivity contribution in [1.29, 1.82) is 0 Å². The molecule has 0 radical (unpaired) electrons. The van der Waals surface area contributed by atoms with E-state index in [1.54, 1.807) is 6.20 Å². The van der Waals surface area contributed by atoms with Crippen LogP contribution < -0.4 is 4.74 Å². The maximum absolute atomic E-state index is 12.5. The molecule has 3 heterocycles. The van der Waals surface area contributed by atoms with Gasteiger partial charge in [0.2, 0.25) is 5.88 Å². The number of hydrogen-bond donors (Lipinski definition) is 0. The zero-order valence-electron chi connectivity index (χ0n) is 15.1. The van der Waals surface area contributed by atoms with E-state index in [0.29, 0.717) is 0 Å². The number of amides is 1. The summed E-state index contributed by atoms with van der Waals surface area (Å²) in [5, 5.41) is 0. The monoisotopic (exact) mass is 332 g/mol. The molecular formula is C19H28N2O3.